The monoisotopic (exact) mass is 702 g/mol. The Balaban J connectivity index is 1.42. The van der Waals surface area contributed by atoms with Gasteiger partial charge in [0.05, 0.1) is 18.2 Å². The van der Waals surface area contributed by atoms with Crippen LogP contribution in [0.4, 0.5) is 0 Å². The number of phenolic OH excluding ortho intramolecular Hbond substituents is 1. The second kappa shape index (κ2) is 15.3. The SMILES string of the molecule is C=CCO[C@@]12Oc3ccc(O)cc3[C@H]3[C@H](CCCCO)[C@@H](CCCCO)C=C(C(=NOC)C[C@@H]1N(Cc1ccc4c(c1)OCO4)C(=O)C1CC1)[C@H]32. The number of fused-ring (bicyclic) bond motifs is 3. The van der Waals surface area contributed by atoms with Crippen LogP contribution in [0.1, 0.15) is 74.8 Å². The number of carbonyl (C=O) groups excluding carboxylic acids is 1. The number of rotatable bonds is 16. The zero-order valence-electron chi connectivity index (χ0n) is 29.4. The summed E-state index contributed by atoms with van der Waals surface area (Å²) in [5.74, 6) is 0.288. The minimum atomic E-state index is -1.34. The van der Waals surface area contributed by atoms with Crippen LogP contribution in [0, 0.1) is 23.7 Å². The molecule has 2 aromatic carbocycles. The lowest BCUT2D eigenvalue weighted by Gasteiger charge is -2.60. The van der Waals surface area contributed by atoms with Gasteiger partial charge < -0.3 is 44.0 Å². The highest BCUT2D eigenvalue weighted by atomic mass is 16.7. The smallest absolute Gasteiger partial charge is 0.239 e. The Bertz CT molecular complexity index is 1650. The number of carbonyl (C=O) groups is 1. The second-order valence-electron chi connectivity index (χ2n) is 14.4. The zero-order chi connectivity index (χ0) is 35.5. The summed E-state index contributed by atoms with van der Waals surface area (Å²) in [4.78, 5) is 22.0. The van der Waals surface area contributed by atoms with Gasteiger partial charge in [0, 0.05) is 43.6 Å². The first-order chi connectivity index (χ1) is 24.9. The third-order valence-electron chi connectivity index (χ3n) is 11.2. The molecule has 1 amide bonds. The minimum Gasteiger partial charge on any atom is -0.508 e. The summed E-state index contributed by atoms with van der Waals surface area (Å²) < 4.78 is 25.5. The van der Waals surface area contributed by atoms with E-state index in [0.29, 0.717) is 43.1 Å². The normalized spacial score (nSPS) is 27.9. The van der Waals surface area contributed by atoms with Crippen LogP contribution in [0.3, 0.4) is 0 Å². The Morgan fingerprint density at radius 1 is 1.04 bits per heavy atom. The number of aliphatic hydroxyl groups excluding tert-OH is 2. The van der Waals surface area contributed by atoms with Gasteiger partial charge in [-0.2, -0.15) is 0 Å². The van der Waals surface area contributed by atoms with Crippen LogP contribution in [-0.2, 0) is 20.9 Å². The Morgan fingerprint density at radius 2 is 1.80 bits per heavy atom. The van der Waals surface area contributed by atoms with Crippen LogP contribution in [0.2, 0.25) is 0 Å². The number of allylic oxidation sites excluding steroid dienone is 1. The summed E-state index contributed by atoms with van der Waals surface area (Å²) in [7, 11) is 1.54. The van der Waals surface area contributed by atoms with Crippen molar-refractivity contribution < 1.29 is 43.9 Å². The number of oxime groups is 1. The van der Waals surface area contributed by atoms with Gasteiger partial charge >= 0.3 is 0 Å². The number of hydrogen-bond acceptors (Lipinski definition) is 10. The van der Waals surface area contributed by atoms with Gasteiger partial charge in [-0.1, -0.05) is 36.2 Å². The van der Waals surface area contributed by atoms with Gasteiger partial charge in [-0.15, -0.1) is 6.58 Å². The van der Waals surface area contributed by atoms with Gasteiger partial charge in [-0.25, -0.2) is 0 Å². The molecule has 11 heteroatoms. The predicted octanol–water partition coefficient (Wildman–Crippen LogP) is 5.82. The summed E-state index contributed by atoms with van der Waals surface area (Å²) in [6, 6.07) is 10.4. The lowest BCUT2D eigenvalue weighted by atomic mass is 9.55. The molecule has 5 aliphatic rings. The summed E-state index contributed by atoms with van der Waals surface area (Å²) in [6.07, 6.45) is 10.7. The maximum atomic E-state index is 14.5. The second-order valence-corrected chi connectivity index (χ2v) is 14.4. The molecule has 2 heterocycles. The molecule has 3 N–H and O–H groups in total. The maximum absolute atomic E-state index is 14.5. The zero-order valence-corrected chi connectivity index (χ0v) is 29.4. The van der Waals surface area contributed by atoms with E-state index >= 15 is 0 Å². The topological polar surface area (TPSA) is 140 Å². The molecule has 0 spiro atoms. The van der Waals surface area contributed by atoms with E-state index in [0.717, 1.165) is 60.9 Å². The number of nitrogens with zero attached hydrogens (tertiary/aromatic N) is 2. The highest BCUT2D eigenvalue weighted by molar-refractivity contribution is 6.03. The standard InChI is InChI=1S/C40H50N2O9/c1-3-18-50-40-36(42(39(46)26-11-12-26)23-25-10-14-34-35(19-25)49-24-48-34)22-32(41-47-2)30-20-27(8-4-6-16-43)29(9-5-7-17-44)37(38(30)40)31-21-28(45)13-15-33(31)51-40/h3,10,13-15,19-21,26-27,29,36-38,43-45H,1,4-9,11-12,16-18,22-24H2,2H3/t27-,29+,36-,37+,38+,40+/m0/s1. The van der Waals surface area contributed by atoms with Crippen LogP contribution in [-0.4, -0.2) is 77.4 Å². The number of phenols is 1. The number of amides is 1. The van der Waals surface area contributed by atoms with Crippen LogP contribution in [0.5, 0.6) is 23.0 Å². The van der Waals surface area contributed by atoms with Gasteiger partial charge in [0.2, 0.25) is 18.5 Å². The molecule has 2 aliphatic heterocycles. The molecule has 2 fully saturated rings. The van der Waals surface area contributed by atoms with Gasteiger partial charge in [-0.3, -0.25) is 4.79 Å². The average Bonchev–Trinajstić information content (AvgIpc) is 3.88. The molecule has 51 heavy (non-hydrogen) atoms. The summed E-state index contributed by atoms with van der Waals surface area (Å²) >= 11 is 0. The summed E-state index contributed by atoms with van der Waals surface area (Å²) in [5, 5.41) is 35.0. The molecule has 274 valence electrons. The van der Waals surface area contributed by atoms with E-state index in [-0.39, 0.29) is 61.9 Å². The number of hydrogen-bond donors (Lipinski definition) is 3. The highest BCUT2D eigenvalue weighted by Crippen LogP contribution is 2.62. The summed E-state index contributed by atoms with van der Waals surface area (Å²) in [6.45, 7) is 4.85. The quantitative estimate of drug-likeness (QED) is 0.112. The Labute approximate surface area is 299 Å². The molecule has 2 aromatic rings. The first-order valence-corrected chi connectivity index (χ1v) is 18.4. The first-order valence-electron chi connectivity index (χ1n) is 18.4. The number of unbranched alkanes of at least 4 members (excludes halogenated alkanes) is 2. The Hall–Kier alpha value is -4.06. The molecule has 0 unspecified atom stereocenters. The molecule has 0 aromatic heterocycles. The molecule has 7 rings (SSSR count). The van der Waals surface area contributed by atoms with E-state index in [2.05, 4.69) is 17.8 Å². The van der Waals surface area contributed by atoms with E-state index < -0.39 is 17.7 Å². The third kappa shape index (κ3) is 6.83. The average molecular weight is 703 g/mol. The third-order valence-corrected chi connectivity index (χ3v) is 11.2. The van der Waals surface area contributed by atoms with E-state index in [1.54, 1.807) is 25.3 Å². The van der Waals surface area contributed by atoms with Crippen molar-refractivity contribution in [3.63, 3.8) is 0 Å². The van der Waals surface area contributed by atoms with Crippen molar-refractivity contribution in [2.24, 2.45) is 28.8 Å². The molecule has 0 bridgehead atoms. The molecule has 6 atom stereocenters. The fourth-order valence-electron chi connectivity index (χ4n) is 8.91. The largest absolute Gasteiger partial charge is 0.508 e. The molecule has 2 saturated carbocycles. The predicted molar refractivity (Wildman–Crippen MR) is 189 cm³/mol. The van der Waals surface area contributed by atoms with Gasteiger partial charge in [0.1, 0.15) is 24.7 Å². The van der Waals surface area contributed by atoms with Crippen molar-refractivity contribution in [2.75, 3.05) is 33.7 Å². The Morgan fingerprint density at radius 3 is 2.55 bits per heavy atom. The molecular formula is C40H50N2O9. The fourth-order valence-corrected chi connectivity index (χ4v) is 8.91. The van der Waals surface area contributed by atoms with Gasteiger partial charge in [0.15, 0.2) is 11.5 Å². The number of benzene rings is 2. The number of ether oxygens (including phenoxy) is 4. The summed E-state index contributed by atoms with van der Waals surface area (Å²) in [5.41, 5.74) is 3.48. The molecule has 0 saturated heterocycles. The minimum absolute atomic E-state index is 0.0391. The number of aliphatic hydroxyl groups is 2. The van der Waals surface area contributed by atoms with Gasteiger partial charge in [0.25, 0.3) is 0 Å². The van der Waals surface area contributed by atoms with E-state index in [9.17, 15) is 20.1 Å². The van der Waals surface area contributed by atoms with E-state index in [1.165, 1.54) is 0 Å². The van der Waals surface area contributed by atoms with Crippen molar-refractivity contribution >= 4 is 11.6 Å². The van der Waals surface area contributed by atoms with Crippen LogP contribution >= 0.6 is 0 Å². The fraction of sp³-hybridized carbons (Fsp3) is 0.550. The van der Waals surface area contributed by atoms with E-state index in [4.69, 9.17) is 23.8 Å². The first kappa shape index (κ1) is 35.3. The maximum Gasteiger partial charge on any atom is 0.239 e. The van der Waals surface area contributed by atoms with Crippen molar-refractivity contribution in [1.29, 1.82) is 0 Å². The lowest BCUT2D eigenvalue weighted by Crippen LogP contribution is -2.70. The highest BCUT2D eigenvalue weighted by Gasteiger charge is 2.65. The van der Waals surface area contributed by atoms with Crippen LogP contribution in [0.15, 0.2) is 65.9 Å². The molecule has 11 nitrogen and oxygen atoms in total. The van der Waals surface area contributed by atoms with Crippen molar-refractivity contribution in [1.82, 2.24) is 4.90 Å². The lowest BCUT2D eigenvalue weighted by molar-refractivity contribution is -0.258. The number of aromatic hydroxyl groups is 1. The van der Waals surface area contributed by atoms with Crippen molar-refractivity contribution in [2.45, 2.75) is 82.1 Å². The molecule has 3 aliphatic carbocycles. The molecular weight excluding hydrogens is 652 g/mol. The van der Waals surface area contributed by atoms with Gasteiger partial charge in [-0.05, 0) is 91.8 Å². The Kier molecular flexibility index (Phi) is 10.6. The van der Waals surface area contributed by atoms with Crippen molar-refractivity contribution in [3.05, 3.63) is 71.8 Å². The molecule has 0 radical (unpaired) electrons. The van der Waals surface area contributed by atoms with Crippen LogP contribution < -0.4 is 14.2 Å². The van der Waals surface area contributed by atoms with E-state index in [1.807, 2.05) is 29.2 Å². The van der Waals surface area contributed by atoms with Crippen LogP contribution in [0.25, 0.3) is 0 Å². The van der Waals surface area contributed by atoms with Crippen molar-refractivity contribution in [3.8, 4) is 23.0 Å².